The van der Waals surface area contributed by atoms with Crippen LogP contribution in [0.25, 0.3) is 16.2 Å². The van der Waals surface area contributed by atoms with Crippen molar-refractivity contribution < 1.29 is 0 Å². The van der Waals surface area contributed by atoms with Gasteiger partial charge in [0.1, 0.15) is 0 Å². The normalized spacial score (nSPS) is 10.7. The Bertz CT molecular complexity index is 526. The smallest absolute Gasteiger partial charge is 0.0348 e. The largest absolute Gasteiger partial charge is 0.141 e. The summed E-state index contributed by atoms with van der Waals surface area (Å²) in [6.45, 7) is 8.63. The Kier molecular flexibility index (Phi) is 2.66. The van der Waals surface area contributed by atoms with Crippen molar-refractivity contribution in [1.82, 2.24) is 0 Å². The van der Waals surface area contributed by atoms with Crippen LogP contribution in [0.15, 0.2) is 23.8 Å². The number of hydrogen-bond donors (Lipinski definition) is 0. The van der Waals surface area contributed by atoms with Crippen LogP contribution in [0.5, 0.6) is 0 Å². The molecule has 0 atom stereocenters. The third-order valence-corrected chi connectivity index (χ3v) is 3.49. The van der Waals surface area contributed by atoms with Gasteiger partial charge in [-0.15, -0.1) is 11.3 Å². The molecule has 0 nitrogen and oxygen atoms in total. The van der Waals surface area contributed by atoms with Gasteiger partial charge in [0.2, 0.25) is 0 Å². The first-order valence-corrected chi connectivity index (χ1v) is 6.03. The molecule has 0 radical (unpaired) electrons. The molecule has 0 aliphatic rings. The average Bonchev–Trinajstić information content (AvgIpc) is 2.44. The highest BCUT2D eigenvalue weighted by atomic mass is 32.1. The summed E-state index contributed by atoms with van der Waals surface area (Å²) in [6, 6.07) is 6.85. The number of rotatable bonds is 1. The van der Waals surface area contributed by atoms with E-state index in [-0.39, 0.29) is 0 Å². The van der Waals surface area contributed by atoms with Gasteiger partial charge in [0.25, 0.3) is 0 Å². The van der Waals surface area contributed by atoms with Gasteiger partial charge in [-0.05, 0) is 62.4 Å². The molecule has 1 aromatic heterocycles. The topological polar surface area (TPSA) is 0 Å². The number of benzene rings is 1. The molecule has 0 spiro atoms. The van der Waals surface area contributed by atoms with Crippen molar-refractivity contribution in [2.45, 2.75) is 27.7 Å². The average molecular weight is 216 g/mol. The Hall–Kier alpha value is -1.08. The van der Waals surface area contributed by atoms with Gasteiger partial charge in [0.15, 0.2) is 0 Å². The fraction of sp³-hybridized carbons (Fsp3) is 0.286. The maximum atomic E-state index is 2.29. The predicted molar refractivity (Wildman–Crippen MR) is 70.6 cm³/mol. The Labute approximate surface area is 95.3 Å². The quantitative estimate of drug-likeness (QED) is 0.633. The molecule has 1 aromatic carbocycles. The molecule has 0 saturated heterocycles. The highest BCUT2D eigenvalue weighted by Gasteiger charge is 2.02. The van der Waals surface area contributed by atoms with Gasteiger partial charge in [-0.3, -0.25) is 0 Å². The van der Waals surface area contributed by atoms with Crippen molar-refractivity contribution in [2.75, 3.05) is 0 Å². The van der Waals surface area contributed by atoms with Crippen molar-refractivity contribution in [3.63, 3.8) is 0 Å². The number of aryl methyl sites for hydroxylation is 2. The Morgan fingerprint density at radius 2 is 1.87 bits per heavy atom. The standard InChI is InChI=1S/C14H16S/c1-9(2)5-12-8-13-7-11(4)15-14(13)6-10(12)3/h5-8H,1-4H3. The molecule has 1 heterocycles. The maximum Gasteiger partial charge on any atom is 0.0348 e. The molecule has 2 rings (SSSR count). The second kappa shape index (κ2) is 3.82. The van der Waals surface area contributed by atoms with Crippen LogP contribution < -0.4 is 0 Å². The second-order valence-electron chi connectivity index (χ2n) is 4.33. The van der Waals surface area contributed by atoms with Gasteiger partial charge in [0, 0.05) is 9.58 Å². The summed E-state index contributed by atoms with van der Waals surface area (Å²) in [5, 5.41) is 1.37. The lowest BCUT2D eigenvalue weighted by Crippen LogP contribution is -1.80. The summed E-state index contributed by atoms with van der Waals surface area (Å²) in [5.41, 5.74) is 4.07. The molecular weight excluding hydrogens is 200 g/mol. The van der Waals surface area contributed by atoms with Crippen LogP contribution in [-0.2, 0) is 0 Å². The van der Waals surface area contributed by atoms with Crippen molar-refractivity contribution in [3.05, 3.63) is 39.8 Å². The van der Waals surface area contributed by atoms with Gasteiger partial charge in [-0.2, -0.15) is 0 Å². The molecule has 0 amide bonds. The van der Waals surface area contributed by atoms with Crippen LogP contribution in [0.1, 0.15) is 29.9 Å². The van der Waals surface area contributed by atoms with Gasteiger partial charge in [-0.25, -0.2) is 0 Å². The van der Waals surface area contributed by atoms with E-state index in [4.69, 9.17) is 0 Å². The Morgan fingerprint density at radius 1 is 1.13 bits per heavy atom. The molecule has 0 aliphatic heterocycles. The second-order valence-corrected chi connectivity index (χ2v) is 5.61. The number of allylic oxidation sites excluding steroid dienone is 1. The highest BCUT2D eigenvalue weighted by Crippen LogP contribution is 2.28. The number of fused-ring (bicyclic) bond motifs is 1. The summed E-state index contributed by atoms with van der Waals surface area (Å²) < 4.78 is 1.40. The van der Waals surface area contributed by atoms with Crippen LogP contribution >= 0.6 is 11.3 Å². The molecule has 1 heteroatoms. The van der Waals surface area contributed by atoms with Crippen molar-refractivity contribution in [1.29, 1.82) is 0 Å². The minimum Gasteiger partial charge on any atom is -0.141 e. The highest BCUT2D eigenvalue weighted by molar-refractivity contribution is 7.19. The SMILES string of the molecule is CC(C)=Cc1cc2cc(C)sc2cc1C. The van der Waals surface area contributed by atoms with Crippen LogP contribution in [0, 0.1) is 13.8 Å². The van der Waals surface area contributed by atoms with E-state index in [1.165, 1.54) is 31.7 Å². The first-order chi connectivity index (χ1) is 7.06. The maximum absolute atomic E-state index is 2.29. The van der Waals surface area contributed by atoms with E-state index in [0.29, 0.717) is 0 Å². The fourth-order valence-electron chi connectivity index (χ4n) is 1.81. The molecule has 0 saturated carbocycles. The monoisotopic (exact) mass is 216 g/mol. The predicted octanol–water partition coefficient (Wildman–Crippen LogP) is 4.94. The zero-order chi connectivity index (χ0) is 11.0. The van der Waals surface area contributed by atoms with E-state index < -0.39 is 0 Å². The summed E-state index contributed by atoms with van der Waals surface area (Å²) in [4.78, 5) is 1.39. The van der Waals surface area contributed by atoms with E-state index in [0.717, 1.165) is 0 Å². The van der Waals surface area contributed by atoms with E-state index in [2.05, 4.69) is 52.0 Å². The van der Waals surface area contributed by atoms with Crippen LogP contribution in [-0.4, -0.2) is 0 Å². The van der Waals surface area contributed by atoms with E-state index in [1.54, 1.807) is 0 Å². The Morgan fingerprint density at radius 3 is 2.53 bits per heavy atom. The van der Waals surface area contributed by atoms with Gasteiger partial charge in [0.05, 0.1) is 0 Å². The van der Waals surface area contributed by atoms with Gasteiger partial charge < -0.3 is 0 Å². The van der Waals surface area contributed by atoms with E-state index in [1.807, 2.05) is 11.3 Å². The lowest BCUT2D eigenvalue weighted by atomic mass is 10.0. The van der Waals surface area contributed by atoms with E-state index >= 15 is 0 Å². The summed E-state index contributed by atoms with van der Waals surface area (Å²) in [5.74, 6) is 0. The summed E-state index contributed by atoms with van der Waals surface area (Å²) >= 11 is 1.87. The molecule has 0 bridgehead atoms. The zero-order valence-corrected chi connectivity index (χ0v) is 10.5. The molecule has 0 fully saturated rings. The van der Waals surface area contributed by atoms with Crippen molar-refractivity contribution in [3.8, 4) is 0 Å². The van der Waals surface area contributed by atoms with Crippen molar-refractivity contribution >= 4 is 27.5 Å². The third kappa shape index (κ3) is 2.13. The molecule has 0 unspecified atom stereocenters. The minimum absolute atomic E-state index is 1.35. The number of thiophene rings is 1. The fourth-order valence-corrected chi connectivity index (χ4v) is 2.81. The number of hydrogen-bond acceptors (Lipinski definition) is 1. The lowest BCUT2D eigenvalue weighted by Gasteiger charge is -2.01. The Balaban J connectivity index is 2.66. The van der Waals surface area contributed by atoms with Crippen LogP contribution in [0.4, 0.5) is 0 Å². The van der Waals surface area contributed by atoms with Crippen LogP contribution in [0.2, 0.25) is 0 Å². The molecule has 15 heavy (non-hydrogen) atoms. The summed E-state index contributed by atoms with van der Waals surface area (Å²) in [6.07, 6.45) is 2.25. The first-order valence-electron chi connectivity index (χ1n) is 5.22. The zero-order valence-electron chi connectivity index (χ0n) is 9.72. The molecule has 0 N–H and O–H groups in total. The lowest BCUT2D eigenvalue weighted by molar-refractivity contribution is 1.40. The summed E-state index contributed by atoms with van der Waals surface area (Å²) in [7, 11) is 0. The van der Waals surface area contributed by atoms with E-state index in [9.17, 15) is 0 Å². The van der Waals surface area contributed by atoms with Crippen LogP contribution in [0.3, 0.4) is 0 Å². The molecule has 2 aromatic rings. The van der Waals surface area contributed by atoms with Crippen molar-refractivity contribution in [2.24, 2.45) is 0 Å². The van der Waals surface area contributed by atoms with Gasteiger partial charge >= 0.3 is 0 Å². The minimum atomic E-state index is 1.35. The molecular formula is C14H16S. The molecule has 78 valence electrons. The first kappa shape index (κ1) is 10.4. The third-order valence-electron chi connectivity index (χ3n) is 2.47. The van der Waals surface area contributed by atoms with Gasteiger partial charge in [-0.1, -0.05) is 11.6 Å². The molecule has 0 aliphatic carbocycles.